The Labute approximate surface area is 119 Å². The molecule has 1 fully saturated rings. The van der Waals surface area contributed by atoms with E-state index in [1.54, 1.807) is 24.3 Å². The topological polar surface area (TPSA) is 83.9 Å². The molecule has 1 N–H and O–H groups in total. The summed E-state index contributed by atoms with van der Waals surface area (Å²) in [7, 11) is 0. The van der Waals surface area contributed by atoms with Crippen LogP contribution < -0.4 is 0 Å². The van der Waals surface area contributed by atoms with Crippen LogP contribution in [0.5, 0.6) is 5.75 Å². The van der Waals surface area contributed by atoms with E-state index < -0.39 is 17.8 Å². The van der Waals surface area contributed by atoms with Gasteiger partial charge in [0.25, 0.3) is 11.8 Å². The van der Waals surface area contributed by atoms with Crippen LogP contribution in [0.3, 0.4) is 0 Å². The predicted molar refractivity (Wildman–Crippen MR) is 72.1 cm³/mol. The van der Waals surface area contributed by atoms with Gasteiger partial charge in [-0.3, -0.25) is 9.59 Å². The molecule has 0 spiro atoms. The molecule has 0 bridgehead atoms. The van der Waals surface area contributed by atoms with Crippen molar-refractivity contribution in [1.29, 1.82) is 0 Å². The van der Waals surface area contributed by atoms with Crippen LogP contribution in [0.2, 0.25) is 0 Å². The molecule has 2 aromatic rings. The summed E-state index contributed by atoms with van der Waals surface area (Å²) >= 11 is 0. The lowest BCUT2D eigenvalue weighted by molar-refractivity contribution is -0.172. The number of hydrogen-bond acceptors (Lipinski definition) is 5. The number of phenols is 1. The number of carbonyl (C=O) groups excluding carboxylic acids is 3. The first kappa shape index (κ1) is 13.1. The number of aromatic hydroxyl groups is 1. The van der Waals surface area contributed by atoms with Crippen LogP contribution >= 0.6 is 0 Å². The lowest BCUT2D eigenvalue weighted by atomic mass is 10.1. The SMILES string of the molecule is O=C(ON1C(=O)CCC1=O)c1ccc2cc(O)ccc2c1. The normalized spacial score (nSPS) is 14.8. The van der Waals surface area contributed by atoms with Gasteiger partial charge in [0.1, 0.15) is 5.75 Å². The summed E-state index contributed by atoms with van der Waals surface area (Å²) in [5, 5.41) is 11.4. The number of phenolic OH excluding ortho intramolecular Hbond substituents is 1. The number of fused-ring (bicyclic) bond motifs is 1. The minimum absolute atomic E-state index is 0.0586. The van der Waals surface area contributed by atoms with Gasteiger partial charge in [0.15, 0.2) is 0 Å². The Morgan fingerprint density at radius 3 is 2.33 bits per heavy atom. The number of nitrogens with zero attached hydrogens (tertiary/aromatic N) is 1. The third-order valence-electron chi connectivity index (χ3n) is 3.24. The number of hydrogen-bond donors (Lipinski definition) is 1. The fourth-order valence-electron chi connectivity index (χ4n) is 2.15. The molecule has 106 valence electrons. The Balaban J connectivity index is 1.86. The standard InChI is InChI=1S/C15H11NO5/c17-12-4-3-9-7-11(2-1-10(9)8-12)15(20)21-16-13(18)5-6-14(16)19/h1-4,7-8,17H,5-6H2. The van der Waals surface area contributed by atoms with Crippen LogP contribution in [0.1, 0.15) is 23.2 Å². The van der Waals surface area contributed by atoms with Gasteiger partial charge in [-0.05, 0) is 35.0 Å². The molecule has 0 radical (unpaired) electrons. The van der Waals surface area contributed by atoms with Crippen LogP contribution in [0.15, 0.2) is 36.4 Å². The van der Waals surface area contributed by atoms with Gasteiger partial charge in [-0.25, -0.2) is 4.79 Å². The van der Waals surface area contributed by atoms with Gasteiger partial charge in [0.2, 0.25) is 0 Å². The number of carbonyl (C=O) groups is 3. The number of benzene rings is 2. The molecule has 1 aliphatic rings. The summed E-state index contributed by atoms with van der Waals surface area (Å²) in [5.74, 6) is -1.67. The highest BCUT2D eigenvalue weighted by Crippen LogP contribution is 2.22. The van der Waals surface area contributed by atoms with Crippen molar-refractivity contribution in [2.75, 3.05) is 0 Å². The Kier molecular flexibility index (Phi) is 3.06. The molecular formula is C15H11NO5. The van der Waals surface area contributed by atoms with E-state index in [4.69, 9.17) is 4.84 Å². The summed E-state index contributed by atoms with van der Waals surface area (Å²) in [6, 6.07) is 9.47. The van der Waals surface area contributed by atoms with Gasteiger partial charge >= 0.3 is 5.97 Å². The number of hydroxylamine groups is 2. The van der Waals surface area contributed by atoms with E-state index in [-0.39, 0.29) is 24.2 Å². The first-order valence-corrected chi connectivity index (χ1v) is 6.35. The van der Waals surface area contributed by atoms with Crippen LogP contribution in [0, 0.1) is 0 Å². The first-order valence-electron chi connectivity index (χ1n) is 6.35. The Morgan fingerprint density at radius 2 is 1.62 bits per heavy atom. The van der Waals surface area contributed by atoms with E-state index in [9.17, 15) is 19.5 Å². The van der Waals surface area contributed by atoms with Crippen molar-refractivity contribution in [3.05, 3.63) is 42.0 Å². The van der Waals surface area contributed by atoms with E-state index in [1.807, 2.05) is 0 Å². The van der Waals surface area contributed by atoms with Gasteiger partial charge < -0.3 is 9.94 Å². The molecule has 2 amide bonds. The minimum Gasteiger partial charge on any atom is -0.508 e. The van der Waals surface area contributed by atoms with Gasteiger partial charge in [0.05, 0.1) is 5.56 Å². The lowest BCUT2D eigenvalue weighted by Crippen LogP contribution is -2.32. The molecule has 0 aromatic heterocycles. The Bertz CT molecular complexity index is 752. The fourth-order valence-corrected chi connectivity index (χ4v) is 2.15. The fraction of sp³-hybridized carbons (Fsp3) is 0.133. The van der Waals surface area contributed by atoms with Crippen molar-refractivity contribution in [3.8, 4) is 5.75 Å². The maximum Gasteiger partial charge on any atom is 0.363 e. The van der Waals surface area contributed by atoms with Crippen LogP contribution in [0.4, 0.5) is 0 Å². The zero-order valence-electron chi connectivity index (χ0n) is 10.9. The first-order chi connectivity index (χ1) is 10.0. The molecule has 3 rings (SSSR count). The zero-order chi connectivity index (χ0) is 15.0. The molecule has 0 aliphatic carbocycles. The Morgan fingerprint density at radius 1 is 1.00 bits per heavy atom. The third-order valence-corrected chi connectivity index (χ3v) is 3.24. The number of rotatable bonds is 2. The highest BCUT2D eigenvalue weighted by Gasteiger charge is 2.33. The summed E-state index contributed by atoms with van der Waals surface area (Å²) in [6.45, 7) is 0. The highest BCUT2D eigenvalue weighted by atomic mass is 16.7. The van der Waals surface area contributed by atoms with E-state index in [0.717, 1.165) is 10.8 Å². The quantitative estimate of drug-likeness (QED) is 0.850. The van der Waals surface area contributed by atoms with Gasteiger partial charge in [-0.15, -0.1) is 5.06 Å². The Hall–Kier alpha value is -2.89. The smallest absolute Gasteiger partial charge is 0.363 e. The molecular weight excluding hydrogens is 274 g/mol. The van der Waals surface area contributed by atoms with Crippen molar-refractivity contribution in [2.45, 2.75) is 12.8 Å². The monoisotopic (exact) mass is 285 g/mol. The van der Waals surface area contributed by atoms with Gasteiger partial charge in [0, 0.05) is 12.8 Å². The minimum atomic E-state index is -0.770. The predicted octanol–water partition coefficient (Wildman–Crippen LogP) is 1.77. The second kappa shape index (κ2) is 4.90. The second-order valence-electron chi connectivity index (χ2n) is 4.71. The van der Waals surface area contributed by atoms with E-state index in [0.29, 0.717) is 5.06 Å². The van der Waals surface area contributed by atoms with Gasteiger partial charge in [-0.1, -0.05) is 12.1 Å². The van der Waals surface area contributed by atoms with E-state index in [2.05, 4.69) is 0 Å². The maximum absolute atomic E-state index is 12.0. The molecule has 6 heteroatoms. The van der Waals surface area contributed by atoms with Crippen LogP contribution in [-0.2, 0) is 14.4 Å². The molecule has 1 aliphatic heterocycles. The van der Waals surface area contributed by atoms with Crippen LogP contribution in [0.25, 0.3) is 10.8 Å². The second-order valence-corrected chi connectivity index (χ2v) is 4.71. The summed E-state index contributed by atoms with van der Waals surface area (Å²) < 4.78 is 0. The largest absolute Gasteiger partial charge is 0.508 e. The van der Waals surface area contributed by atoms with Crippen molar-refractivity contribution < 1.29 is 24.3 Å². The molecule has 1 saturated heterocycles. The highest BCUT2D eigenvalue weighted by molar-refractivity contribution is 6.03. The third kappa shape index (κ3) is 2.43. The van der Waals surface area contributed by atoms with Crippen molar-refractivity contribution in [2.24, 2.45) is 0 Å². The molecule has 1 heterocycles. The summed E-state index contributed by atoms with van der Waals surface area (Å²) in [4.78, 5) is 39.6. The zero-order valence-corrected chi connectivity index (χ0v) is 10.9. The van der Waals surface area contributed by atoms with Crippen LogP contribution in [-0.4, -0.2) is 28.0 Å². The van der Waals surface area contributed by atoms with Gasteiger partial charge in [-0.2, -0.15) is 0 Å². The number of imide groups is 1. The maximum atomic E-state index is 12.0. The summed E-state index contributed by atoms with van der Waals surface area (Å²) in [6.07, 6.45) is 0.117. The molecule has 0 unspecified atom stereocenters. The van der Waals surface area contributed by atoms with Crippen molar-refractivity contribution in [3.63, 3.8) is 0 Å². The lowest BCUT2D eigenvalue weighted by Gasteiger charge is -2.12. The molecule has 6 nitrogen and oxygen atoms in total. The molecule has 0 saturated carbocycles. The molecule has 0 atom stereocenters. The van der Waals surface area contributed by atoms with E-state index >= 15 is 0 Å². The number of amides is 2. The van der Waals surface area contributed by atoms with E-state index in [1.165, 1.54) is 12.1 Å². The average molecular weight is 285 g/mol. The molecule has 21 heavy (non-hydrogen) atoms. The molecule has 2 aromatic carbocycles. The van der Waals surface area contributed by atoms with Crippen molar-refractivity contribution >= 4 is 28.6 Å². The summed E-state index contributed by atoms with van der Waals surface area (Å²) in [5.41, 5.74) is 0.223. The average Bonchev–Trinajstić information content (AvgIpc) is 2.78. The van der Waals surface area contributed by atoms with Crippen molar-refractivity contribution in [1.82, 2.24) is 5.06 Å².